The molecule has 0 aromatic carbocycles. The van der Waals surface area contributed by atoms with E-state index in [1.165, 1.54) is 0 Å². The minimum absolute atomic E-state index is 0.0413. The van der Waals surface area contributed by atoms with Crippen LogP contribution < -0.4 is 0 Å². The molecule has 1 heterocycles. The van der Waals surface area contributed by atoms with Gasteiger partial charge in [0.05, 0.1) is 5.56 Å². The van der Waals surface area contributed by atoms with E-state index in [1.54, 1.807) is 6.92 Å². The molecular weight excluding hydrogens is 207 g/mol. The topological polar surface area (TPSA) is 30.0 Å². The van der Waals surface area contributed by atoms with E-state index in [9.17, 15) is 18.0 Å². The highest BCUT2D eigenvalue weighted by Crippen LogP contribution is 2.29. The maximum Gasteiger partial charge on any atom is 0.416 e. The molecule has 1 aromatic heterocycles. The van der Waals surface area contributed by atoms with Crippen molar-refractivity contribution in [1.29, 1.82) is 0 Å². The highest BCUT2D eigenvalue weighted by molar-refractivity contribution is 5.80. The number of ketones is 1. The maximum absolute atomic E-state index is 12.3. The number of alkyl halides is 3. The molecule has 0 amide bonds. The van der Waals surface area contributed by atoms with Gasteiger partial charge in [-0.1, -0.05) is 6.92 Å². The lowest BCUT2D eigenvalue weighted by molar-refractivity contribution is -0.137. The van der Waals surface area contributed by atoms with Gasteiger partial charge in [0.15, 0.2) is 0 Å². The average molecular weight is 217 g/mol. The number of halogens is 3. The first-order valence-electron chi connectivity index (χ1n) is 4.47. The van der Waals surface area contributed by atoms with E-state index in [-0.39, 0.29) is 17.9 Å². The number of aromatic nitrogens is 1. The Morgan fingerprint density at radius 1 is 1.47 bits per heavy atom. The van der Waals surface area contributed by atoms with Crippen molar-refractivity contribution in [3.63, 3.8) is 0 Å². The molecule has 0 spiro atoms. The summed E-state index contributed by atoms with van der Waals surface area (Å²) in [6.07, 6.45) is -3.05. The summed E-state index contributed by atoms with van der Waals surface area (Å²) in [5, 5.41) is 0. The summed E-state index contributed by atoms with van der Waals surface area (Å²) in [5.74, 6) is -0.123. The van der Waals surface area contributed by atoms with Gasteiger partial charge in [-0.15, -0.1) is 0 Å². The van der Waals surface area contributed by atoms with Crippen LogP contribution in [0.4, 0.5) is 13.2 Å². The molecule has 0 N–H and O–H groups in total. The standard InChI is InChI=1S/C10H10F3NO/c1-2-9(15)6-8-5-7(3-4-14-8)10(11,12)13/h3-5H,2,6H2,1H3. The van der Waals surface area contributed by atoms with Crippen LogP contribution in [0.15, 0.2) is 18.3 Å². The number of hydrogen-bond acceptors (Lipinski definition) is 2. The summed E-state index contributed by atoms with van der Waals surface area (Å²) in [6, 6.07) is 1.80. The molecule has 0 aliphatic heterocycles. The fourth-order valence-corrected chi connectivity index (χ4v) is 1.08. The van der Waals surface area contributed by atoms with Gasteiger partial charge in [-0.2, -0.15) is 13.2 Å². The molecule has 0 bridgehead atoms. The number of pyridine rings is 1. The number of Topliss-reactive ketones (excluding diaryl/α,β-unsaturated/α-hetero) is 1. The summed E-state index contributed by atoms with van der Waals surface area (Å²) in [7, 11) is 0. The molecular formula is C10H10F3NO. The van der Waals surface area contributed by atoms with Crippen LogP contribution in [-0.4, -0.2) is 10.8 Å². The molecule has 2 nitrogen and oxygen atoms in total. The Balaban J connectivity index is 2.88. The van der Waals surface area contributed by atoms with Crippen LogP contribution in [0, 0.1) is 0 Å². The quantitative estimate of drug-likeness (QED) is 0.778. The Kier molecular flexibility index (Phi) is 3.44. The SMILES string of the molecule is CCC(=O)Cc1cc(C(F)(F)F)ccn1. The maximum atomic E-state index is 12.3. The Bertz CT molecular complexity index is 360. The van der Waals surface area contributed by atoms with Crippen LogP contribution in [-0.2, 0) is 17.4 Å². The van der Waals surface area contributed by atoms with Crippen molar-refractivity contribution in [2.45, 2.75) is 25.9 Å². The zero-order chi connectivity index (χ0) is 11.5. The third-order valence-corrected chi connectivity index (χ3v) is 1.92. The van der Waals surface area contributed by atoms with Gasteiger partial charge in [0.2, 0.25) is 0 Å². The molecule has 0 unspecified atom stereocenters. The number of rotatable bonds is 3. The minimum atomic E-state index is -4.38. The first-order valence-corrected chi connectivity index (χ1v) is 4.47. The molecule has 82 valence electrons. The van der Waals surface area contributed by atoms with Crippen molar-refractivity contribution in [3.8, 4) is 0 Å². The van der Waals surface area contributed by atoms with Crippen molar-refractivity contribution in [2.24, 2.45) is 0 Å². The first-order chi connectivity index (χ1) is 6.93. The third-order valence-electron chi connectivity index (χ3n) is 1.92. The molecule has 0 aliphatic carbocycles. The van der Waals surface area contributed by atoms with Crippen molar-refractivity contribution in [3.05, 3.63) is 29.6 Å². The second kappa shape index (κ2) is 4.42. The molecule has 0 radical (unpaired) electrons. The summed E-state index contributed by atoms with van der Waals surface area (Å²) >= 11 is 0. The predicted molar refractivity (Wildman–Crippen MR) is 48.2 cm³/mol. The van der Waals surface area contributed by atoms with E-state index in [4.69, 9.17) is 0 Å². The van der Waals surface area contributed by atoms with Crippen LogP contribution in [0.25, 0.3) is 0 Å². The fraction of sp³-hybridized carbons (Fsp3) is 0.400. The molecule has 0 saturated carbocycles. The average Bonchev–Trinajstić information content (AvgIpc) is 2.17. The van der Waals surface area contributed by atoms with E-state index < -0.39 is 11.7 Å². The predicted octanol–water partition coefficient (Wildman–Crippen LogP) is 2.62. The van der Waals surface area contributed by atoms with Gasteiger partial charge in [0, 0.05) is 24.7 Å². The second-order valence-electron chi connectivity index (χ2n) is 3.10. The monoisotopic (exact) mass is 217 g/mol. The highest BCUT2D eigenvalue weighted by Gasteiger charge is 2.30. The third kappa shape index (κ3) is 3.34. The summed E-state index contributed by atoms with van der Waals surface area (Å²) in [4.78, 5) is 14.7. The van der Waals surface area contributed by atoms with Gasteiger partial charge in [0.25, 0.3) is 0 Å². The van der Waals surface area contributed by atoms with Crippen molar-refractivity contribution >= 4 is 5.78 Å². The first kappa shape index (κ1) is 11.7. The molecule has 0 atom stereocenters. The van der Waals surface area contributed by atoms with E-state index in [0.717, 1.165) is 18.3 Å². The van der Waals surface area contributed by atoms with Crippen molar-refractivity contribution in [1.82, 2.24) is 4.98 Å². The molecule has 5 heteroatoms. The highest BCUT2D eigenvalue weighted by atomic mass is 19.4. The molecule has 1 aromatic rings. The van der Waals surface area contributed by atoms with Crippen LogP contribution in [0.5, 0.6) is 0 Å². The zero-order valence-corrected chi connectivity index (χ0v) is 8.14. The Hall–Kier alpha value is -1.39. The molecule has 0 fully saturated rings. The number of carbonyl (C=O) groups excluding carboxylic acids is 1. The van der Waals surface area contributed by atoms with Crippen LogP contribution in [0.2, 0.25) is 0 Å². The van der Waals surface area contributed by atoms with Gasteiger partial charge in [-0.3, -0.25) is 9.78 Å². The Morgan fingerprint density at radius 3 is 2.67 bits per heavy atom. The lowest BCUT2D eigenvalue weighted by Crippen LogP contribution is -2.08. The zero-order valence-electron chi connectivity index (χ0n) is 8.14. The smallest absolute Gasteiger partial charge is 0.299 e. The Morgan fingerprint density at radius 2 is 2.13 bits per heavy atom. The van der Waals surface area contributed by atoms with Gasteiger partial charge in [-0.25, -0.2) is 0 Å². The lowest BCUT2D eigenvalue weighted by Gasteiger charge is -2.07. The van der Waals surface area contributed by atoms with E-state index >= 15 is 0 Å². The van der Waals surface area contributed by atoms with Gasteiger partial charge in [-0.05, 0) is 12.1 Å². The minimum Gasteiger partial charge on any atom is -0.299 e. The summed E-state index contributed by atoms with van der Waals surface area (Å²) < 4.78 is 36.8. The molecule has 15 heavy (non-hydrogen) atoms. The van der Waals surface area contributed by atoms with Crippen molar-refractivity contribution < 1.29 is 18.0 Å². The van der Waals surface area contributed by atoms with Crippen molar-refractivity contribution in [2.75, 3.05) is 0 Å². The number of nitrogens with zero attached hydrogens (tertiary/aromatic N) is 1. The fourth-order valence-electron chi connectivity index (χ4n) is 1.08. The normalized spacial score (nSPS) is 11.5. The molecule has 0 aliphatic rings. The molecule has 1 rings (SSSR count). The second-order valence-corrected chi connectivity index (χ2v) is 3.10. The van der Waals surface area contributed by atoms with Crippen LogP contribution in [0.1, 0.15) is 24.6 Å². The lowest BCUT2D eigenvalue weighted by atomic mass is 10.1. The van der Waals surface area contributed by atoms with Gasteiger partial charge >= 0.3 is 6.18 Å². The Labute approximate surface area is 85.1 Å². The van der Waals surface area contributed by atoms with E-state index in [0.29, 0.717) is 6.42 Å². The van der Waals surface area contributed by atoms with E-state index in [1.807, 2.05) is 0 Å². The van der Waals surface area contributed by atoms with Crippen LogP contribution >= 0.6 is 0 Å². The summed E-state index contributed by atoms with van der Waals surface area (Å²) in [6.45, 7) is 1.66. The van der Waals surface area contributed by atoms with Gasteiger partial charge in [0.1, 0.15) is 5.78 Å². The molecule has 0 saturated heterocycles. The number of hydrogen-bond donors (Lipinski definition) is 0. The van der Waals surface area contributed by atoms with E-state index in [2.05, 4.69) is 4.98 Å². The van der Waals surface area contributed by atoms with Gasteiger partial charge < -0.3 is 0 Å². The summed E-state index contributed by atoms with van der Waals surface area (Å²) in [5.41, 5.74) is -0.604. The van der Waals surface area contributed by atoms with Crippen LogP contribution in [0.3, 0.4) is 0 Å². The number of carbonyl (C=O) groups is 1. The largest absolute Gasteiger partial charge is 0.416 e.